The number of anilines is 1. The first-order valence-electron chi connectivity index (χ1n) is 6.95. The third kappa shape index (κ3) is 4.76. The number of aryl methyl sites for hydroxylation is 1. The third-order valence-corrected chi connectivity index (χ3v) is 3.18. The van der Waals surface area contributed by atoms with Gasteiger partial charge in [0.2, 0.25) is 0 Å². The molecule has 0 atom stereocenters. The Morgan fingerprint density at radius 3 is 2.42 bits per heavy atom. The van der Waals surface area contributed by atoms with Crippen LogP contribution in [0.5, 0.6) is 0 Å². The van der Waals surface area contributed by atoms with Gasteiger partial charge in [-0.25, -0.2) is 0 Å². The molecular formula is C17H22N2. The van der Waals surface area contributed by atoms with Gasteiger partial charge in [-0.2, -0.15) is 0 Å². The SMILES string of the molecule is NCCCc1cccc(NCCc2ccccc2)c1. The van der Waals surface area contributed by atoms with E-state index in [0.29, 0.717) is 0 Å². The van der Waals surface area contributed by atoms with Crippen molar-refractivity contribution in [1.82, 2.24) is 0 Å². The Labute approximate surface area is 115 Å². The molecule has 0 unspecified atom stereocenters. The normalized spacial score (nSPS) is 10.4. The molecular weight excluding hydrogens is 232 g/mol. The summed E-state index contributed by atoms with van der Waals surface area (Å²) in [4.78, 5) is 0. The fraction of sp³-hybridized carbons (Fsp3) is 0.294. The zero-order valence-electron chi connectivity index (χ0n) is 11.3. The molecule has 19 heavy (non-hydrogen) atoms. The molecule has 0 radical (unpaired) electrons. The molecule has 0 aromatic heterocycles. The zero-order chi connectivity index (χ0) is 13.3. The van der Waals surface area contributed by atoms with Gasteiger partial charge < -0.3 is 11.1 Å². The van der Waals surface area contributed by atoms with Gasteiger partial charge in [0.05, 0.1) is 0 Å². The highest BCUT2D eigenvalue weighted by atomic mass is 14.9. The van der Waals surface area contributed by atoms with Gasteiger partial charge in [-0.05, 0) is 49.1 Å². The molecule has 100 valence electrons. The molecule has 0 spiro atoms. The Kier molecular flexibility index (Phi) is 5.45. The number of hydrogen-bond donors (Lipinski definition) is 2. The van der Waals surface area contributed by atoms with Crippen LogP contribution in [-0.2, 0) is 12.8 Å². The predicted octanol–water partition coefficient (Wildman–Crippen LogP) is 3.23. The Balaban J connectivity index is 1.82. The van der Waals surface area contributed by atoms with Crippen LogP contribution in [0.3, 0.4) is 0 Å². The molecule has 3 N–H and O–H groups in total. The van der Waals surface area contributed by atoms with Crippen molar-refractivity contribution in [2.75, 3.05) is 18.4 Å². The quantitative estimate of drug-likeness (QED) is 0.796. The van der Waals surface area contributed by atoms with E-state index >= 15 is 0 Å². The molecule has 0 heterocycles. The lowest BCUT2D eigenvalue weighted by molar-refractivity contribution is 0.832. The lowest BCUT2D eigenvalue weighted by Gasteiger charge is -2.08. The van der Waals surface area contributed by atoms with Crippen LogP contribution in [0.4, 0.5) is 5.69 Å². The van der Waals surface area contributed by atoms with Crippen LogP contribution in [0.25, 0.3) is 0 Å². The summed E-state index contributed by atoms with van der Waals surface area (Å²) in [5, 5.41) is 3.48. The first-order chi connectivity index (χ1) is 9.38. The second-order valence-electron chi connectivity index (χ2n) is 4.75. The predicted molar refractivity (Wildman–Crippen MR) is 82.5 cm³/mol. The standard InChI is InChI=1S/C17H22N2/c18-12-5-9-16-8-4-10-17(14-16)19-13-11-15-6-2-1-3-7-15/h1-4,6-8,10,14,19H,5,9,11-13,18H2. The molecule has 0 fully saturated rings. The Morgan fingerprint density at radius 2 is 1.63 bits per heavy atom. The Hall–Kier alpha value is -1.80. The van der Waals surface area contributed by atoms with Crippen molar-refractivity contribution >= 4 is 5.69 Å². The van der Waals surface area contributed by atoms with Gasteiger partial charge in [0.15, 0.2) is 0 Å². The summed E-state index contributed by atoms with van der Waals surface area (Å²) in [6.45, 7) is 1.72. The van der Waals surface area contributed by atoms with Crippen LogP contribution in [0.2, 0.25) is 0 Å². The molecule has 0 aliphatic rings. The fourth-order valence-corrected chi connectivity index (χ4v) is 2.14. The minimum Gasteiger partial charge on any atom is -0.385 e. The van der Waals surface area contributed by atoms with Crippen molar-refractivity contribution in [1.29, 1.82) is 0 Å². The van der Waals surface area contributed by atoms with E-state index in [2.05, 4.69) is 59.9 Å². The lowest BCUT2D eigenvalue weighted by Crippen LogP contribution is -2.05. The van der Waals surface area contributed by atoms with Gasteiger partial charge in [-0.1, -0.05) is 42.5 Å². The molecule has 2 aromatic rings. The summed E-state index contributed by atoms with van der Waals surface area (Å²) in [6.07, 6.45) is 3.16. The van der Waals surface area contributed by atoms with Gasteiger partial charge in [0.25, 0.3) is 0 Å². The monoisotopic (exact) mass is 254 g/mol. The topological polar surface area (TPSA) is 38.0 Å². The van der Waals surface area contributed by atoms with E-state index in [0.717, 1.165) is 32.4 Å². The Morgan fingerprint density at radius 1 is 0.842 bits per heavy atom. The van der Waals surface area contributed by atoms with Crippen molar-refractivity contribution in [2.45, 2.75) is 19.3 Å². The first-order valence-corrected chi connectivity index (χ1v) is 6.95. The van der Waals surface area contributed by atoms with E-state index in [9.17, 15) is 0 Å². The summed E-state index contributed by atoms with van der Waals surface area (Å²) >= 11 is 0. The zero-order valence-corrected chi connectivity index (χ0v) is 11.3. The van der Waals surface area contributed by atoms with E-state index in [1.54, 1.807) is 0 Å². The molecule has 0 aliphatic carbocycles. The molecule has 0 saturated carbocycles. The summed E-state index contributed by atoms with van der Waals surface area (Å²) in [6, 6.07) is 19.2. The highest BCUT2D eigenvalue weighted by molar-refractivity contribution is 5.45. The van der Waals surface area contributed by atoms with E-state index in [1.165, 1.54) is 16.8 Å². The number of rotatable bonds is 7. The maximum Gasteiger partial charge on any atom is 0.0343 e. The molecule has 2 aromatic carbocycles. The van der Waals surface area contributed by atoms with Crippen LogP contribution in [-0.4, -0.2) is 13.1 Å². The number of nitrogens with one attached hydrogen (secondary N) is 1. The summed E-state index contributed by atoms with van der Waals surface area (Å²) in [7, 11) is 0. The van der Waals surface area contributed by atoms with Crippen LogP contribution in [0.15, 0.2) is 54.6 Å². The van der Waals surface area contributed by atoms with Crippen molar-refractivity contribution in [3.63, 3.8) is 0 Å². The van der Waals surface area contributed by atoms with Gasteiger partial charge in [0, 0.05) is 12.2 Å². The second kappa shape index (κ2) is 7.59. The van der Waals surface area contributed by atoms with Crippen LogP contribution >= 0.6 is 0 Å². The van der Waals surface area contributed by atoms with E-state index in [1.807, 2.05) is 0 Å². The lowest BCUT2D eigenvalue weighted by atomic mass is 10.1. The van der Waals surface area contributed by atoms with Crippen molar-refractivity contribution in [2.24, 2.45) is 5.73 Å². The molecule has 0 aliphatic heterocycles. The molecule has 2 rings (SSSR count). The maximum absolute atomic E-state index is 5.54. The van der Waals surface area contributed by atoms with Gasteiger partial charge in [0.1, 0.15) is 0 Å². The number of nitrogens with two attached hydrogens (primary N) is 1. The van der Waals surface area contributed by atoms with Crippen LogP contribution < -0.4 is 11.1 Å². The van der Waals surface area contributed by atoms with Gasteiger partial charge in [-0.3, -0.25) is 0 Å². The fourth-order valence-electron chi connectivity index (χ4n) is 2.14. The highest BCUT2D eigenvalue weighted by Crippen LogP contribution is 2.12. The number of benzene rings is 2. The van der Waals surface area contributed by atoms with E-state index in [-0.39, 0.29) is 0 Å². The maximum atomic E-state index is 5.54. The largest absolute Gasteiger partial charge is 0.385 e. The van der Waals surface area contributed by atoms with Gasteiger partial charge in [-0.15, -0.1) is 0 Å². The smallest absolute Gasteiger partial charge is 0.0343 e. The number of hydrogen-bond acceptors (Lipinski definition) is 2. The molecule has 0 bridgehead atoms. The summed E-state index contributed by atoms with van der Waals surface area (Å²) < 4.78 is 0. The van der Waals surface area contributed by atoms with Crippen molar-refractivity contribution < 1.29 is 0 Å². The van der Waals surface area contributed by atoms with E-state index in [4.69, 9.17) is 5.73 Å². The minimum atomic E-state index is 0.756. The van der Waals surface area contributed by atoms with E-state index < -0.39 is 0 Å². The first kappa shape index (κ1) is 13.6. The highest BCUT2D eigenvalue weighted by Gasteiger charge is 1.96. The molecule has 0 saturated heterocycles. The third-order valence-electron chi connectivity index (χ3n) is 3.18. The average molecular weight is 254 g/mol. The van der Waals surface area contributed by atoms with Crippen molar-refractivity contribution in [3.8, 4) is 0 Å². The summed E-state index contributed by atoms with van der Waals surface area (Å²) in [5.74, 6) is 0. The molecule has 2 heteroatoms. The van der Waals surface area contributed by atoms with Crippen LogP contribution in [0, 0.1) is 0 Å². The molecule has 2 nitrogen and oxygen atoms in total. The average Bonchev–Trinajstić information content (AvgIpc) is 2.47. The van der Waals surface area contributed by atoms with Crippen molar-refractivity contribution in [3.05, 3.63) is 65.7 Å². The second-order valence-corrected chi connectivity index (χ2v) is 4.75. The Bertz CT molecular complexity index is 480. The summed E-state index contributed by atoms with van der Waals surface area (Å²) in [5.41, 5.74) is 9.47. The van der Waals surface area contributed by atoms with Gasteiger partial charge >= 0.3 is 0 Å². The minimum absolute atomic E-state index is 0.756. The van der Waals surface area contributed by atoms with Crippen LogP contribution in [0.1, 0.15) is 17.5 Å². The molecule has 0 amide bonds.